The first-order valence-corrected chi connectivity index (χ1v) is 9.44. The number of piperidine rings is 1. The Labute approximate surface area is 163 Å². The van der Waals surface area contributed by atoms with Gasteiger partial charge in [0, 0.05) is 20.0 Å². The van der Waals surface area contributed by atoms with Crippen LogP contribution in [0.2, 0.25) is 0 Å². The van der Waals surface area contributed by atoms with E-state index in [0.717, 1.165) is 12.8 Å². The number of hydrogen-bond acceptors (Lipinski definition) is 7. The lowest BCUT2D eigenvalue weighted by atomic mass is 9.99. The van der Waals surface area contributed by atoms with Gasteiger partial charge >= 0.3 is 5.97 Å². The van der Waals surface area contributed by atoms with E-state index in [4.69, 9.17) is 14.0 Å². The number of carbonyl (C=O) groups is 2. The summed E-state index contributed by atoms with van der Waals surface area (Å²) in [4.78, 5) is 30.6. The lowest BCUT2D eigenvalue weighted by Crippen LogP contribution is -2.44. The molecule has 0 spiro atoms. The summed E-state index contributed by atoms with van der Waals surface area (Å²) >= 11 is 0. The van der Waals surface area contributed by atoms with Crippen molar-refractivity contribution in [3.8, 4) is 5.75 Å². The summed E-state index contributed by atoms with van der Waals surface area (Å²) in [7, 11) is 0. The summed E-state index contributed by atoms with van der Waals surface area (Å²) in [6, 6.07) is 6.50. The van der Waals surface area contributed by atoms with E-state index < -0.39 is 12.1 Å². The minimum Gasteiger partial charge on any atom is -0.485 e. The van der Waals surface area contributed by atoms with Crippen LogP contribution in [0.4, 0.5) is 0 Å². The Balaban J connectivity index is 1.50. The monoisotopic (exact) mass is 387 g/mol. The second-order valence-electron chi connectivity index (χ2n) is 7.10. The van der Waals surface area contributed by atoms with Gasteiger partial charge in [-0.05, 0) is 49.9 Å². The Kier molecular flexibility index (Phi) is 6.28. The predicted molar refractivity (Wildman–Crippen MR) is 99.7 cm³/mol. The van der Waals surface area contributed by atoms with Crippen LogP contribution >= 0.6 is 0 Å². The van der Waals surface area contributed by atoms with Crippen molar-refractivity contribution in [1.82, 2.24) is 15.0 Å². The van der Waals surface area contributed by atoms with E-state index in [-0.39, 0.29) is 12.5 Å². The summed E-state index contributed by atoms with van der Waals surface area (Å²) in [6.45, 7) is 7.10. The minimum atomic E-state index is -0.807. The van der Waals surface area contributed by atoms with Gasteiger partial charge in [-0.25, -0.2) is 4.79 Å². The normalized spacial score (nSPS) is 15.9. The molecule has 1 atom stereocenters. The number of rotatable bonds is 6. The van der Waals surface area contributed by atoms with E-state index in [0.29, 0.717) is 42.0 Å². The van der Waals surface area contributed by atoms with Gasteiger partial charge in [0.15, 0.2) is 12.7 Å². The lowest BCUT2D eigenvalue weighted by Gasteiger charge is -2.31. The van der Waals surface area contributed by atoms with Crippen LogP contribution in [0.5, 0.6) is 5.75 Å². The molecule has 1 aliphatic rings. The summed E-state index contributed by atoms with van der Waals surface area (Å²) in [6.07, 6.45) is 1.16. The number of likely N-dealkylation sites (tertiary alicyclic amines) is 1. The summed E-state index contributed by atoms with van der Waals surface area (Å²) < 4.78 is 15.8. The molecule has 150 valence electrons. The molecule has 1 aliphatic heterocycles. The van der Waals surface area contributed by atoms with Crippen molar-refractivity contribution in [1.29, 1.82) is 0 Å². The molecule has 0 aliphatic carbocycles. The van der Waals surface area contributed by atoms with E-state index in [1.807, 2.05) is 0 Å². The smallest absolute Gasteiger partial charge is 0.338 e. The van der Waals surface area contributed by atoms with Crippen molar-refractivity contribution in [2.75, 3.05) is 13.1 Å². The number of carbonyl (C=O) groups excluding carboxylic acids is 2. The number of aryl methyl sites for hydroxylation is 1. The van der Waals surface area contributed by atoms with Crippen LogP contribution in [0.1, 0.15) is 48.8 Å². The molecule has 28 heavy (non-hydrogen) atoms. The molecule has 1 aromatic heterocycles. The predicted octanol–water partition coefficient (Wildman–Crippen LogP) is 2.76. The second kappa shape index (κ2) is 8.86. The third-order valence-corrected chi connectivity index (χ3v) is 4.75. The Morgan fingerprint density at radius 1 is 1.25 bits per heavy atom. The molecule has 0 N–H and O–H groups in total. The Hall–Kier alpha value is -2.90. The number of ether oxygens (including phenoxy) is 2. The zero-order chi connectivity index (χ0) is 20.1. The first-order valence-electron chi connectivity index (χ1n) is 9.44. The summed E-state index contributed by atoms with van der Waals surface area (Å²) in [5.41, 5.74) is 0.356. The molecular formula is C20H25N3O5. The molecule has 1 amide bonds. The van der Waals surface area contributed by atoms with E-state index in [2.05, 4.69) is 17.1 Å². The SMILES string of the molecule is Cc1nc(COc2ccc(C(=O)O[C@H](C)C(=O)N3CCC(C)CC3)cc2)no1. The number of esters is 1. The molecule has 0 saturated carbocycles. The average Bonchev–Trinajstić information content (AvgIpc) is 3.12. The Morgan fingerprint density at radius 2 is 1.93 bits per heavy atom. The van der Waals surface area contributed by atoms with Crippen LogP contribution in [-0.4, -0.2) is 46.1 Å². The highest BCUT2D eigenvalue weighted by Gasteiger charge is 2.27. The topological polar surface area (TPSA) is 94.8 Å². The van der Waals surface area contributed by atoms with Gasteiger partial charge in [0.25, 0.3) is 5.91 Å². The van der Waals surface area contributed by atoms with Crippen molar-refractivity contribution in [2.45, 2.75) is 46.3 Å². The molecule has 3 rings (SSSR count). The quantitative estimate of drug-likeness (QED) is 0.703. The standard InChI is InChI=1S/C20H25N3O5/c1-13-8-10-23(11-9-13)19(24)14(2)27-20(25)16-4-6-17(7-5-16)26-12-18-21-15(3)28-22-18/h4-7,13-14H,8-12H2,1-3H3/t14-/m1/s1. The van der Waals surface area contributed by atoms with Crippen LogP contribution in [0.25, 0.3) is 0 Å². The van der Waals surface area contributed by atoms with Crippen LogP contribution in [-0.2, 0) is 16.1 Å². The van der Waals surface area contributed by atoms with Crippen molar-refractivity contribution in [3.63, 3.8) is 0 Å². The molecule has 2 aromatic rings. The van der Waals surface area contributed by atoms with Crippen LogP contribution in [0.3, 0.4) is 0 Å². The molecule has 2 heterocycles. The molecule has 0 unspecified atom stereocenters. The maximum atomic E-state index is 12.5. The fourth-order valence-electron chi connectivity index (χ4n) is 3.00. The van der Waals surface area contributed by atoms with Gasteiger partial charge in [0.05, 0.1) is 5.56 Å². The highest BCUT2D eigenvalue weighted by molar-refractivity contribution is 5.92. The Morgan fingerprint density at radius 3 is 2.54 bits per heavy atom. The largest absolute Gasteiger partial charge is 0.485 e. The molecular weight excluding hydrogens is 362 g/mol. The first-order chi connectivity index (χ1) is 13.4. The number of benzene rings is 1. The van der Waals surface area contributed by atoms with Gasteiger partial charge < -0.3 is 18.9 Å². The lowest BCUT2D eigenvalue weighted by molar-refractivity contribution is -0.141. The van der Waals surface area contributed by atoms with Crippen molar-refractivity contribution in [3.05, 3.63) is 41.5 Å². The number of aromatic nitrogens is 2. The third kappa shape index (κ3) is 5.09. The minimum absolute atomic E-state index is 0.143. The van der Waals surface area contributed by atoms with Gasteiger partial charge in [-0.3, -0.25) is 4.79 Å². The number of amides is 1. The molecule has 0 bridgehead atoms. The molecule has 1 aromatic carbocycles. The van der Waals surface area contributed by atoms with Crippen molar-refractivity contribution >= 4 is 11.9 Å². The van der Waals surface area contributed by atoms with Gasteiger partial charge in [0.2, 0.25) is 11.7 Å². The average molecular weight is 387 g/mol. The fraction of sp³-hybridized carbons (Fsp3) is 0.500. The molecule has 1 fully saturated rings. The van der Waals surface area contributed by atoms with Crippen LogP contribution < -0.4 is 4.74 Å². The van der Waals surface area contributed by atoms with Crippen LogP contribution in [0, 0.1) is 12.8 Å². The zero-order valence-electron chi connectivity index (χ0n) is 16.4. The third-order valence-electron chi connectivity index (χ3n) is 4.75. The van der Waals surface area contributed by atoms with Crippen LogP contribution in [0.15, 0.2) is 28.8 Å². The molecule has 1 saturated heterocycles. The summed E-state index contributed by atoms with van der Waals surface area (Å²) in [5.74, 6) is 1.43. The molecule has 0 radical (unpaired) electrons. The van der Waals surface area contributed by atoms with E-state index in [1.165, 1.54) is 0 Å². The van der Waals surface area contributed by atoms with Gasteiger partial charge in [0.1, 0.15) is 5.75 Å². The summed E-state index contributed by atoms with van der Waals surface area (Å²) in [5, 5.41) is 3.75. The maximum Gasteiger partial charge on any atom is 0.338 e. The zero-order valence-corrected chi connectivity index (χ0v) is 16.4. The van der Waals surface area contributed by atoms with Gasteiger partial charge in [-0.1, -0.05) is 12.1 Å². The fourth-order valence-corrected chi connectivity index (χ4v) is 3.00. The number of nitrogens with zero attached hydrogens (tertiary/aromatic N) is 3. The maximum absolute atomic E-state index is 12.5. The Bertz CT molecular complexity index is 810. The van der Waals surface area contributed by atoms with E-state index in [9.17, 15) is 9.59 Å². The second-order valence-corrected chi connectivity index (χ2v) is 7.10. The number of hydrogen-bond donors (Lipinski definition) is 0. The highest BCUT2D eigenvalue weighted by Crippen LogP contribution is 2.18. The first kappa shape index (κ1) is 19.9. The molecule has 8 nitrogen and oxygen atoms in total. The van der Waals surface area contributed by atoms with Crippen molar-refractivity contribution in [2.24, 2.45) is 5.92 Å². The van der Waals surface area contributed by atoms with E-state index >= 15 is 0 Å². The van der Waals surface area contributed by atoms with Crippen molar-refractivity contribution < 1.29 is 23.6 Å². The van der Waals surface area contributed by atoms with E-state index in [1.54, 1.807) is 43.0 Å². The van der Waals surface area contributed by atoms with Gasteiger partial charge in [-0.15, -0.1) is 0 Å². The van der Waals surface area contributed by atoms with Gasteiger partial charge in [-0.2, -0.15) is 4.98 Å². The highest BCUT2D eigenvalue weighted by atomic mass is 16.5. The molecule has 8 heteroatoms.